The third-order valence-corrected chi connectivity index (χ3v) is 2.49. The van der Waals surface area contributed by atoms with Gasteiger partial charge < -0.3 is 10.4 Å². The Bertz CT molecular complexity index is 474. The van der Waals surface area contributed by atoms with Gasteiger partial charge in [-0.2, -0.15) is 12.6 Å². The summed E-state index contributed by atoms with van der Waals surface area (Å²) in [6.45, 7) is 0. The number of aliphatic carboxylic acids is 1. The van der Waals surface area contributed by atoms with E-state index in [1.807, 2.05) is 0 Å². The number of thiol groups is 1. The van der Waals surface area contributed by atoms with Crippen molar-refractivity contribution in [3.8, 4) is 0 Å². The third-order valence-electron chi connectivity index (χ3n) is 2.13. The normalized spacial score (nSPS) is 11.6. The Labute approximate surface area is 107 Å². The van der Waals surface area contributed by atoms with Gasteiger partial charge in [-0.05, 0) is 12.1 Å². The Morgan fingerprint density at radius 2 is 1.94 bits per heavy atom. The van der Waals surface area contributed by atoms with Crippen LogP contribution in [0.5, 0.6) is 0 Å². The van der Waals surface area contributed by atoms with Crippen LogP contribution in [-0.2, 0) is 4.79 Å². The van der Waals surface area contributed by atoms with Crippen molar-refractivity contribution in [2.75, 3.05) is 5.75 Å². The van der Waals surface area contributed by atoms with Gasteiger partial charge in [-0.3, -0.25) is 14.9 Å². The van der Waals surface area contributed by atoms with Crippen molar-refractivity contribution >= 4 is 30.2 Å². The molecule has 1 aromatic carbocycles. The number of nitrogens with one attached hydrogen (secondary N) is 1. The van der Waals surface area contributed by atoms with Gasteiger partial charge in [0.1, 0.15) is 6.04 Å². The molecule has 18 heavy (non-hydrogen) atoms. The standard InChI is InChI=1S/C10H10N2O5S/c13-9(11-8(5-18)10(14)15)6-1-3-7(4-2-6)12(16)17/h1-4,8,18H,5H2,(H,11,13)(H,14,15)/t8-/m0/s1. The molecule has 0 heterocycles. The zero-order valence-electron chi connectivity index (χ0n) is 9.07. The van der Waals surface area contributed by atoms with Crippen LogP contribution in [0.1, 0.15) is 10.4 Å². The molecule has 7 nitrogen and oxygen atoms in total. The number of benzene rings is 1. The molecule has 0 unspecified atom stereocenters. The molecular weight excluding hydrogens is 260 g/mol. The van der Waals surface area contributed by atoms with Crippen LogP contribution >= 0.6 is 12.6 Å². The fourth-order valence-corrected chi connectivity index (χ4v) is 1.41. The van der Waals surface area contributed by atoms with E-state index < -0.39 is 22.8 Å². The summed E-state index contributed by atoms with van der Waals surface area (Å²) < 4.78 is 0. The van der Waals surface area contributed by atoms with Gasteiger partial charge in [-0.25, -0.2) is 4.79 Å². The van der Waals surface area contributed by atoms with Crippen LogP contribution in [0.4, 0.5) is 5.69 Å². The van der Waals surface area contributed by atoms with E-state index in [1.54, 1.807) is 0 Å². The summed E-state index contributed by atoms with van der Waals surface area (Å²) in [5, 5.41) is 21.4. The van der Waals surface area contributed by atoms with Crippen LogP contribution < -0.4 is 5.32 Å². The van der Waals surface area contributed by atoms with Crippen LogP contribution in [0.3, 0.4) is 0 Å². The zero-order chi connectivity index (χ0) is 13.7. The monoisotopic (exact) mass is 270 g/mol. The minimum atomic E-state index is -1.19. The largest absolute Gasteiger partial charge is 0.480 e. The summed E-state index contributed by atoms with van der Waals surface area (Å²) >= 11 is 3.80. The molecule has 1 amide bonds. The average Bonchev–Trinajstić information content (AvgIpc) is 2.35. The molecule has 1 atom stereocenters. The maximum atomic E-state index is 11.6. The molecule has 0 aromatic heterocycles. The Morgan fingerprint density at radius 1 is 1.39 bits per heavy atom. The van der Waals surface area contributed by atoms with E-state index in [-0.39, 0.29) is 17.0 Å². The minimum Gasteiger partial charge on any atom is -0.480 e. The molecule has 0 spiro atoms. The number of amides is 1. The van der Waals surface area contributed by atoms with Crippen molar-refractivity contribution in [2.45, 2.75) is 6.04 Å². The number of carboxylic acid groups (broad SMARTS) is 1. The van der Waals surface area contributed by atoms with Crippen LogP contribution in [0.25, 0.3) is 0 Å². The van der Waals surface area contributed by atoms with Gasteiger partial charge >= 0.3 is 5.97 Å². The lowest BCUT2D eigenvalue weighted by molar-refractivity contribution is -0.384. The molecule has 0 bridgehead atoms. The molecule has 8 heteroatoms. The van der Waals surface area contributed by atoms with E-state index in [1.165, 1.54) is 24.3 Å². The van der Waals surface area contributed by atoms with Gasteiger partial charge in [0.25, 0.3) is 11.6 Å². The molecule has 0 saturated carbocycles. The molecule has 1 rings (SSSR count). The van der Waals surface area contributed by atoms with Gasteiger partial charge in [0.2, 0.25) is 0 Å². The number of carboxylic acids is 1. The number of carbonyl (C=O) groups is 2. The number of nitro groups is 1. The fraction of sp³-hybridized carbons (Fsp3) is 0.200. The van der Waals surface area contributed by atoms with E-state index in [9.17, 15) is 19.7 Å². The SMILES string of the molecule is O=C(N[C@@H](CS)C(=O)O)c1ccc([N+](=O)[O-])cc1. The molecule has 0 saturated heterocycles. The highest BCUT2D eigenvalue weighted by atomic mass is 32.1. The van der Waals surface area contributed by atoms with Crippen LogP contribution in [0.15, 0.2) is 24.3 Å². The first-order valence-electron chi connectivity index (χ1n) is 4.84. The molecule has 0 aliphatic carbocycles. The van der Waals surface area contributed by atoms with E-state index >= 15 is 0 Å². The van der Waals surface area contributed by atoms with Crippen molar-refractivity contribution < 1.29 is 19.6 Å². The quantitative estimate of drug-likeness (QED) is 0.414. The molecule has 1 aromatic rings. The highest BCUT2D eigenvalue weighted by Gasteiger charge is 2.19. The number of hydrogen-bond acceptors (Lipinski definition) is 5. The summed E-state index contributed by atoms with van der Waals surface area (Å²) in [4.78, 5) is 32.1. The van der Waals surface area contributed by atoms with Gasteiger partial charge in [0, 0.05) is 23.4 Å². The summed E-state index contributed by atoms with van der Waals surface area (Å²) in [5.74, 6) is -1.86. The Hall–Kier alpha value is -2.09. The molecule has 0 fully saturated rings. The Balaban J connectivity index is 2.78. The molecule has 2 N–H and O–H groups in total. The first-order valence-corrected chi connectivity index (χ1v) is 5.48. The number of carbonyl (C=O) groups excluding carboxylic acids is 1. The van der Waals surface area contributed by atoms with Crippen molar-refractivity contribution in [1.82, 2.24) is 5.32 Å². The average molecular weight is 270 g/mol. The zero-order valence-corrected chi connectivity index (χ0v) is 9.96. The summed E-state index contributed by atoms with van der Waals surface area (Å²) in [5.41, 5.74) is 0.00385. The van der Waals surface area contributed by atoms with Crippen molar-refractivity contribution in [1.29, 1.82) is 0 Å². The smallest absolute Gasteiger partial charge is 0.327 e. The minimum absolute atomic E-state index is 0.0476. The molecule has 96 valence electrons. The molecule has 0 aliphatic heterocycles. The Morgan fingerprint density at radius 3 is 2.33 bits per heavy atom. The second kappa shape index (κ2) is 6.01. The number of nitrogens with zero attached hydrogens (tertiary/aromatic N) is 1. The van der Waals surface area contributed by atoms with Crippen molar-refractivity contribution in [2.24, 2.45) is 0 Å². The first kappa shape index (κ1) is 14.0. The predicted molar refractivity (Wildman–Crippen MR) is 65.8 cm³/mol. The highest BCUT2D eigenvalue weighted by molar-refractivity contribution is 7.80. The maximum Gasteiger partial charge on any atom is 0.327 e. The van der Waals surface area contributed by atoms with Crippen LogP contribution in [0.2, 0.25) is 0 Å². The van der Waals surface area contributed by atoms with Gasteiger partial charge in [-0.1, -0.05) is 0 Å². The van der Waals surface area contributed by atoms with Crippen LogP contribution in [0, 0.1) is 10.1 Å². The number of hydrogen-bond donors (Lipinski definition) is 3. The van der Waals surface area contributed by atoms with Crippen molar-refractivity contribution in [3.63, 3.8) is 0 Å². The summed E-state index contributed by atoms with van der Waals surface area (Å²) in [7, 11) is 0. The van der Waals surface area contributed by atoms with Gasteiger partial charge in [0.15, 0.2) is 0 Å². The fourth-order valence-electron chi connectivity index (χ4n) is 1.16. The lowest BCUT2D eigenvalue weighted by Gasteiger charge is -2.11. The van der Waals surface area contributed by atoms with Gasteiger partial charge in [0.05, 0.1) is 4.92 Å². The summed E-state index contributed by atoms with van der Waals surface area (Å²) in [6.07, 6.45) is 0. The highest BCUT2D eigenvalue weighted by Crippen LogP contribution is 2.11. The van der Waals surface area contributed by atoms with E-state index in [4.69, 9.17) is 5.11 Å². The molecule has 0 radical (unpaired) electrons. The Kier molecular flexibility index (Phi) is 4.67. The third kappa shape index (κ3) is 3.45. The summed E-state index contributed by atoms with van der Waals surface area (Å²) in [6, 6.07) is 3.75. The lowest BCUT2D eigenvalue weighted by Crippen LogP contribution is -2.42. The van der Waals surface area contributed by atoms with E-state index in [2.05, 4.69) is 17.9 Å². The second-order valence-electron chi connectivity index (χ2n) is 3.35. The van der Waals surface area contributed by atoms with Crippen molar-refractivity contribution in [3.05, 3.63) is 39.9 Å². The topological polar surface area (TPSA) is 110 Å². The predicted octanol–water partition coefficient (Wildman–Crippen LogP) is 0.708. The van der Waals surface area contributed by atoms with Gasteiger partial charge in [-0.15, -0.1) is 0 Å². The number of nitro benzene ring substituents is 1. The maximum absolute atomic E-state index is 11.6. The number of non-ortho nitro benzene ring substituents is 1. The van der Waals surface area contributed by atoms with Crippen LogP contribution in [-0.4, -0.2) is 33.7 Å². The van der Waals surface area contributed by atoms with E-state index in [0.717, 1.165) is 0 Å². The molecule has 0 aliphatic rings. The first-order chi connectivity index (χ1) is 8.45. The second-order valence-corrected chi connectivity index (χ2v) is 3.72. The molecular formula is C10H10N2O5S. The van der Waals surface area contributed by atoms with E-state index in [0.29, 0.717) is 0 Å². The lowest BCUT2D eigenvalue weighted by atomic mass is 10.2. The number of rotatable bonds is 5.